The molecular formula is C38H54N10O5. The second kappa shape index (κ2) is 20.6. The second-order valence-corrected chi connectivity index (χ2v) is 12.5. The second-order valence-electron chi connectivity index (χ2n) is 12.5. The minimum absolute atomic E-state index is 0.540. The number of nitrogens with zero attached hydrogens (tertiary/aromatic N) is 5. The highest BCUT2D eigenvalue weighted by molar-refractivity contribution is 5.62. The summed E-state index contributed by atoms with van der Waals surface area (Å²) < 4.78 is 22.8. The molecular weight excluding hydrogens is 676 g/mol. The van der Waals surface area contributed by atoms with E-state index in [1.165, 1.54) is 6.92 Å². The largest absolute Gasteiger partial charge is 0.493 e. The molecule has 2 aromatic heterocycles. The van der Waals surface area contributed by atoms with E-state index in [1.54, 1.807) is 14.2 Å². The third-order valence-corrected chi connectivity index (χ3v) is 8.36. The average Bonchev–Trinajstić information content (AvgIpc) is 3.10. The Morgan fingerprint density at radius 3 is 1.57 bits per heavy atom. The summed E-state index contributed by atoms with van der Waals surface area (Å²) in [6.45, 7) is 14.2. The highest BCUT2D eigenvalue weighted by Crippen LogP contribution is 2.33. The molecule has 15 nitrogen and oxygen atoms in total. The van der Waals surface area contributed by atoms with Crippen LogP contribution in [0.4, 0.5) is 34.9 Å². The van der Waals surface area contributed by atoms with Crippen molar-refractivity contribution in [1.82, 2.24) is 30.2 Å². The molecule has 53 heavy (non-hydrogen) atoms. The molecule has 4 heterocycles. The number of nitrogens with one attached hydrogen (secondary N) is 5. The molecule has 2 aromatic carbocycles. The fraction of sp³-hybridized carbons (Fsp3) is 0.447. The molecule has 0 bridgehead atoms. The standard InChI is InChI=1S/C19H27N5O2.C17H23N5O2.C2H4O/c1-5-24-10-14(11-24)12-26-17-9-15(6-7-16(17)25-4)22-19-21-13(2)8-18(20-3)23-19;1-11-6-16(18-2)22-17(20-11)21-13-4-5-14(23-3)15(7-13)24-10-12-8-19-9-12;1-2-3/h6-9,14H,5,10-12H2,1-4H3,(H2,20,21,22,23);4-7,12,19H,8-10H2,1-3H3,(H2,18,20,21,22);2H,1H3. The van der Waals surface area contributed by atoms with Crippen molar-refractivity contribution < 1.29 is 23.7 Å². The fourth-order valence-electron chi connectivity index (χ4n) is 5.42. The molecule has 2 aliphatic heterocycles. The van der Waals surface area contributed by atoms with Crippen LogP contribution in [-0.4, -0.2) is 105 Å². The van der Waals surface area contributed by atoms with E-state index in [0.717, 1.165) is 90.7 Å². The van der Waals surface area contributed by atoms with Crippen LogP contribution in [0.25, 0.3) is 0 Å². The first-order valence-electron chi connectivity index (χ1n) is 17.8. The lowest BCUT2D eigenvalue weighted by molar-refractivity contribution is -0.106. The molecule has 15 heteroatoms. The maximum atomic E-state index is 8.81. The van der Waals surface area contributed by atoms with Gasteiger partial charge in [0.1, 0.15) is 17.9 Å². The van der Waals surface area contributed by atoms with Gasteiger partial charge in [-0.3, -0.25) is 0 Å². The van der Waals surface area contributed by atoms with Gasteiger partial charge >= 0.3 is 0 Å². The van der Waals surface area contributed by atoms with E-state index >= 15 is 0 Å². The molecule has 0 saturated carbocycles. The van der Waals surface area contributed by atoms with Crippen molar-refractivity contribution >= 4 is 41.2 Å². The Labute approximate surface area is 312 Å². The van der Waals surface area contributed by atoms with Gasteiger partial charge in [0.2, 0.25) is 11.9 Å². The number of likely N-dealkylation sites (tertiary alicyclic amines) is 1. The molecule has 4 aromatic rings. The van der Waals surface area contributed by atoms with Crippen LogP contribution < -0.4 is 45.5 Å². The zero-order valence-corrected chi connectivity index (χ0v) is 32.1. The van der Waals surface area contributed by atoms with E-state index in [1.807, 2.05) is 76.5 Å². The third kappa shape index (κ3) is 12.4. The zero-order chi connectivity index (χ0) is 38.2. The molecule has 0 aliphatic carbocycles. The van der Waals surface area contributed by atoms with Crippen molar-refractivity contribution in [2.75, 3.05) is 95.5 Å². The number of hydrogen-bond acceptors (Lipinski definition) is 15. The Kier molecular flexibility index (Phi) is 15.7. The van der Waals surface area contributed by atoms with Crippen LogP contribution in [0.15, 0.2) is 48.5 Å². The summed E-state index contributed by atoms with van der Waals surface area (Å²) in [7, 11) is 6.97. The van der Waals surface area contributed by atoms with Crippen LogP contribution in [-0.2, 0) is 4.79 Å². The van der Waals surface area contributed by atoms with E-state index in [2.05, 4.69) is 58.3 Å². The number of aryl methyl sites for hydroxylation is 2. The first-order chi connectivity index (χ1) is 25.7. The minimum Gasteiger partial charge on any atom is -0.493 e. The summed E-state index contributed by atoms with van der Waals surface area (Å²) in [6.07, 6.45) is 0.750. The van der Waals surface area contributed by atoms with Crippen molar-refractivity contribution in [3.8, 4) is 23.0 Å². The minimum atomic E-state index is 0.540. The van der Waals surface area contributed by atoms with Gasteiger partial charge in [-0.1, -0.05) is 6.92 Å². The topological polar surface area (TPSA) is 169 Å². The van der Waals surface area contributed by atoms with E-state index in [-0.39, 0.29) is 0 Å². The number of ether oxygens (including phenoxy) is 4. The van der Waals surface area contributed by atoms with Crippen LogP contribution in [0.3, 0.4) is 0 Å². The lowest BCUT2D eigenvalue weighted by Gasteiger charge is -2.38. The first kappa shape index (κ1) is 40.4. The molecule has 2 fully saturated rings. The van der Waals surface area contributed by atoms with Crippen molar-refractivity contribution in [3.63, 3.8) is 0 Å². The Bertz CT molecular complexity index is 1750. The van der Waals surface area contributed by atoms with Crippen molar-refractivity contribution in [2.45, 2.75) is 27.7 Å². The lowest BCUT2D eigenvalue weighted by Crippen LogP contribution is -2.48. The smallest absolute Gasteiger partial charge is 0.229 e. The Morgan fingerprint density at radius 2 is 1.19 bits per heavy atom. The number of aldehydes is 1. The Morgan fingerprint density at radius 1 is 0.736 bits per heavy atom. The molecule has 0 spiro atoms. The van der Waals surface area contributed by atoms with Gasteiger partial charge in [0.05, 0.1) is 27.4 Å². The summed E-state index contributed by atoms with van der Waals surface area (Å²) in [5.41, 5.74) is 3.49. The monoisotopic (exact) mass is 730 g/mol. The van der Waals surface area contributed by atoms with Crippen molar-refractivity contribution in [2.24, 2.45) is 11.8 Å². The third-order valence-electron chi connectivity index (χ3n) is 8.36. The van der Waals surface area contributed by atoms with Crippen molar-refractivity contribution in [1.29, 1.82) is 0 Å². The van der Waals surface area contributed by atoms with Crippen LogP contribution in [0.5, 0.6) is 23.0 Å². The van der Waals surface area contributed by atoms with Crippen LogP contribution in [0.1, 0.15) is 25.2 Å². The highest BCUT2D eigenvalue weighted by atomic mass is 16.5. The number of aromatic nitrogens is 4. The van der Waals surface area contributed by atoms with Crippen LogP contribution in [0.2, 0.25) is 0 Å². The lowest BCUT2D eigenvalue weighted by atomic mass is 10.0. The van der Waals surface area contributed by atoms with Gasteiger partial charge in [-0.15, -0.1) is 0 Å². The number of benzene rings is 2. The first-order valence-corrected chi connectivity index (χ1v) is 17.8. The summed E-state index contributed by atoms with van der Waals surface area (Å²) in [4.78, 5) is 28.9. The van der Waals surface area contributed by atoms with Gasteiger partial charge < -0.3 is 55.2 Å². The number of methoxy groups -OCH3 is 2. The molecule has 6 rings (SSSR count). The number of hydrogen-bond donors (Lipinski definition) is 5. The molecule has 2 aliphatic rings. The quantitative estimate of drug-likeness (QED) is 0.1000. The van der Waals surface area contributed by atoms with Gasteiger partial charge in [0, 0.05) is 99.1 Å². The highest BCUT2D eigenvalue weighted by Gasteiger charge is 2.26. The normalized spacial score (nSPS) is 13.7. The summed E-state index contributed by atoms with van der Waals surface area (Å²) in [5, 5.41) is 15.8. The predicted octanol–water partition coefficient (Wildman–Crippen LogP) is 5.29. The molecule has 286 valence electrons. The molecule has 5 N–H and O–H groups in total. The Balaban J connectivity index is 0.000000221. The predicted molar refractivity (Wildman–Crippen MR) is 210 cm³/mol. The van der Waals surface area contributed by atoms with E-state index in [9.17, 15) is 0 Å². The van der Waals surface area contributed by atoms with Crippen LogP contribution in [0, 0.1) is 25.7 Å². The molecule has 0 amide bonds. The van der Waals surface area contributed by atoms with Gasteiger partial charge in [0.15, 0.2) is 23.0 Å². The van der Waals surface area contributed by atoms with Gasteiger partial charge in [0.25, 0.3) is 0 Å². The summed E-state index contributed by atoms with van der Waals surface area (Å²) in [5.74, 6) is 6.66. The summed E-state index contributed by atoms with van der Waals surface area (Å²) >= 11 is 0. The summed E-state index contributed by atoms with van der Waals surface area (Å²) in [6, 6.07) is 15.2. The van der Waals surface area contributed by atoms with Crippen LogP contribution >= 0.6 is 0 Å². The fourth-order valence-corrected chi connectivity index (χ4v) is 5.42. The number of rotatable bonds is 15. The SMILES string of the molecule is CC=O.CCN1CC(COc2cc(Nc3nc(C)cc(NC)n3)ccc2OC)C1.CNc1cc(C)nc(Nc2ccc(OC)c(OCC3CNC3)c2)n1. The van der Waals surface area contributed by atoms with Gasteiger partial charge in [-0.2, -0.15) is 9.97 Å². The molecule has 0 radical (unpaired) electrons. The molecule has 0 atom stereocenters. The van der Waals surface area contributed by atoms with Gasteiger partial charge in [-0.05, 0) is 51.6 Å². The van der Waals surface area contributed by atoms with E-state index < -0.39 is 0 Å². The van der Waals surface area contributed by atoms with Gasteiger partial charge in [-0.25, -0.2) is 9.97 Å². The molecule has 2 saturated heterocycles. The zero-order valence-electron chi connectivity index (χ0n) is 32.1. The van der Waals surface area contributed by atoms with E-state index in [0.29, 0.717) is 42.7 Å². The number of anilines is 6. The molecule has 0 unspecified atom stereocenters. The Hall–Kier alpha value is -5.41. The van der Waals surface area contributed by atoms with E-state index in [4.69, 9.17) is 23.7 Å². The number of carbonyl (C=O) groups is 1. The maximum Gasteiger partial charge on any atom is 0.229 e. The average molecular weight is 731 g/mol. The number of carbonyl (C=O) groups excluding carboxylic acids is 1. The van der Waals surface area contributed by atoms with Crippen molar-refractivity contribution in [3.05, 3.63) is 59.9 Å². The maximum absolute atomic E-state index is 8.81.